The Hall–Kier alpha value is -4.54. The maximum atomic E-state index is 6.52. The zero-order chi connectivity index (χ0) is 26.4. The van der Waals surface area contributed by atoms with Gasteiger partial charge in [-0.2, -0.15) is 0 Å². The zero-order valence-electron chi connectivity index (χ0n) is 21.7. The number of hydrogen-bond acceptors (Lipinski definition) is 4. The van der Waals surface area contributed by atoms with E-state index in [1.807, 2.05) is 66.7 Å². The number of aryl methyl sites for hydroxylation is 1. The Morgan fingerprint density at radius 1 is 0.564 bits per heavy atom. The van der Waals surface area contributed by atoms with Gasteiger partial charge in [0.25, 0.3) is 0 Å². The summed E-state index contributed by atoms with van der Waals surface area (Å²) in [6.07, 6.45) is 0. The van der Waals surface area contributed by atoms with Gasteiger partial charge in [-0.05, 0) is 78.2 Å². The van der Waals surface area contributed by atoms with Crippen molar-refractivity contribution in [3.05, 3.63) is 144 Å². The Labute approximate surface area is 232 Å². The number of thiophene rings is 1. The predicted octanol–water partition coefficient (Wildman–Crippen LogP) is 9.83. The molecule has 0 amide bonds. The van der Waals surface area contributed by atoms with Gasteiger partial charge in [-0.15, -0.1) is 11.3 Å². The molecule has 6 rings (SSSR count). The van der Waals surface area contributed by atoms with Gasteiger partial charge in [-0.3, -0.25) is 0 Å². The number of ether oxygens (including phenoxy) is 3. The van der Waals surface area contributed by atoms with Crippen molar-refractivity contribution < 1.29 is 14.2 Å². The van der Waals surface area contributed by atoms with E-state index in [0.717, 1.165) is 54.7 Å². The highest BCUT2D eigenvalue weighted by atomic mass is 32.1. The van der Waals surface area contributed by atoms with Gasteiger partial charge in [-0.25, -0.2) is 0 Å². The van der Waals surface area contributed by atoms with Gasteiger partial charge in [0.2, 0.25) is 0 Å². The molecule has 192 valence electrons. The van der Waals surface area contributed by atoms with Crippen molar-refractivity contribution in [2.45, 2.75) is 20.1 Å². The quantitative estimate of drug-likeness (QED) is 0.187. The minimum absolute atomic E-state index is 0.530. The molecule has 0 unspecified atom stereocenters. The van der Waals surface area contributed by atoms with Crippen LogP contribution < -0.4 is 14.2 Å². The number of hydrogen-bond donors (Lipinski definition) is 0. The highest BCUT2D eigenvalue weighted by Crippen LogP contribution is 2.47. The molecule has 6 aromatic rings. The van der Waals surface area contributed by atoms with Crippen LogP contribution in [0.3, 0.4) is 0 Å². The van der Waals surface area contributed by atoms with Crippen molar-refractivity contribution in [2.24, 2.45) is 0 Å². The van der Waals surface area contributed by atoms with Crippen LogP contribution in [0.1, 0.15) is 16.7 Å². The summed E-state index contributed by atoms with van der Waals surface area (Å²) in [5.74, 6) is 3.34. The SMILES string of the molecule is Cc1ccc(Oc2c(-c3ccc(OCc4ccccc4)cc3)sc3cc(OCc4ccccc4)ccc23)cc1. The second-order valence-electron chi connectivity index (χ2n) is 9.41. The maximum absolute atomic E-state index is 6.52. The monoisotopic (exact) mass is 528 g/mol. The first-order valence-electron chi connectivity index (χ1n) is 13.0. The van der Waals surface area contributed by atoms with Gasteiger partial charge in [-0.1, -0.05) is 78.4 Å². The molecule has 0 spiro atoms. The van der Waals surface area contributed by atoms with Crippen LogP contribution in [0, 0.1) is 6.92 Å². The number of fused-ring (bicyclic) bond motifs is 1. The summed E-state index contributed by atoms with van der Waals surface area (Å²) >= 11 is 1.71. The van der Waals surface area contributed by atoms with Crippen molar-refractivity contribution in [3.8, 4) is 33.4 Å². The number of rotatable bonds is 9. The van der Waals surface area contributed by atoms with Crippen molar-refractivity contribution in [3.63, 3.8) is 0 Å². The first kappa shape index (κ1) is 24.8. The van der Waals surface area contributed by atoms with Crippen molar-refractivity contribution in [1.29, 1.82) is 0 Å². The van der Waals surface area contributed by atoms with Crippen molar-refractivity contribution >= 4 is 21.4 Å². The van der Waals surface area contributed by atoms with Crippen LogP contribution in [0.2, 0.25) is 0 Å². The molecule has 0 bridgehead atoms. The second kappa shape index (κ2) is 11.5. The molecule has 0 saturated heterocycles. The Morgan fingerprint density at radius 2 is 1.13 bits per heavy atom. The molecular weight excluding hydrogens is 500 g/mol. The molecule has 0 atom stereocenters. The Morgan fingerprint density at radius 3 is 1.77 bits per heavy atom. The third-order valence-electron chi connectivity index (χ3n) is 6.47. The minimum atomic E-state index is 0.530. The molecule has 0 radical (unpaired) electrons. The molecule has 3 nitrogen and oxygen atoms in total. The van der Waals surface area contributed by atoms with Crippen LogP contribution in [-0.4, -0.2) is 0 Å². The maximum Gasteiger partial charge on any atom is 0.153 e. The van der Waals surface area contributed by atoms with E-state index in [9.17, 15) is 0 Å². The fraction of sp³-hybridized carbons (Fsp3) is 0.0857. The topological polar surface area (TPSA) is 27.7 Å². The van der Waals surface area contributed by atoms with E-state index in [2.05, 4.69) is 67.6 Å². The minimum Gasteiger partial charge on any atom is -0.489 e. The summed E-state index contributed by atoms with van der Waals surface area (Å²) in [5, 5.41) is 1.06. The van der Waals surface area contributed by atoms with E-state index >= 15 is 0 Å². The standard InChI is InChI=1S/C35H28O3S/c1-25-12-16-30(17-13-25)38-34-32-21-20-31(37-24-27-10-6-3-7-11-27)22-33(32)39-35(34)28-14-18-29(19-15-28)36-23-26-8-4-2-5-9-26/h2-22H,23-24H2,1H3. The van der Waals surface area contributed by atoms with Crippen molar-refractivity contribution in [1.82, 2.24) is 0 Å². The fourth-order valence-corrected chi connectivity index (χ4v) is 5.51. The molecule has 0 saturated carbocycles. The van der Waals surface area contributed by atoms with Crippen LogP contribution >= 0.6 is 11.3 Å². The first-order valence-corrected chi connectivity index (χ1v) is 13.8. The van der Waals surface area contributed by atoms with E-state index in [1.165, 1.54) is 5.56 Å². The summed E-state index contributed by atoms with van der Waals surface area (Å²) in [5.41, 5.74) is 4.56. The molecule has 39 heavy (non-hydrogen) atoms. The lowest BCUT2D eigenvalue weighted by atomic mass is 10.1. The fourth-order valence-electron chi connectivity index (χ4n) is 4.34. The number of benzene rings is 5. The second-order valence-corrected chi connectivity index (χ2v) is 10.5. The van der Waals surface area contributed by atoms with Crippen LogP contribution in [0.15, 0.2) is 127 Å². The van der Waals surface area contributed by atoms with Crippen LogP contribution in [0.5, 0.6) is 23.0 Å². The summed E-state index contributed by atoms with van der Waals surface area (Å²) < 4.78 is 19.8. The van der Waals surface area contributed by atoms with E-state index < -0.39 is 0 Å². The summed E-state index contributed by atoms with van der Waals surface area (Å²) in [7, 11) is 0. The molecule has 1 heterocycles. The van der Waals surface area contributed by atoms with Crippen molar-refractivity contribution in [2.75, 3.05) is 0 Å². The molecule has 5 aromatic carbocycles. The lowest BCUT2D eigenvalue weighted by Gasteiger charge is -2.10. The Kier molecular flexibility index (Phi) is 7.28. The average Bonchev–Trinajstić information content (AvgIpc) is 3.35. The highest BCUT2D eigenvalue weighted by Gasteiger charge is 2.17. The van der Waals surface area contributed by atoms with Gasteiger partial charge in [0.1, 0.15) is 30.5 Å². The van der Waals surface area contributed by atoms with E-state index in [4.69, 9.17) is 14.2 Å². The predicted molar refractivity (Wildman–Crippen MR) is 160 cm³/mol. The molecule has 0 aliphatic heterocycles. The molecule has 4 heteroatoms. The lowest BCUT2D eigenvalue weighted by molar-refractivity contribution is 0.306. The lowest BCUT2D eigenvalue weighted by Crippen LogP contribution is -1.94. The van der Waals surface area contributed by atoms with Gasteiger partial charge in [0.05, 0.1) is 4.88 Å². The van der Waals surface area contributed by atoms with Gasteiger partial charge >= 0.3 is 0 Å². The van der Waals surface area contributed by atoms with Crippen LogP contribution in [0.4, 0.5) is 0 Å². The van der Waals surface area contributed by atoms with E-state index in [1.54, 1.807) is 11.3 Å². The van der Waals surface area contributed by atoms with Gasteiger partial charge in [0, 0.05) is 10.1 Å². The average molecular weight is 529 g/mol. The Balaban J connectivity index is 1.29. The molecule has 0 aliphatic carbocycles. The third-order valence-corrected chi connectivity index (χ3v) is 7.65. The van der Waals surface area contributed by atoms with E-state index in [-0.39, 0.29) is 0 Å². The largest absolute Gasteiger partial charge is 0.489 e. The van der Waals surface area contributed by atoms with Crippen LogP contribution in [0.25, 0.3) is 20.5 Å². The summed E-state index contributed by atoms with van der Waals surface area (Å²) in [6, 6.07) is 43.0. The van der Waals surface area contributed by atoms with Crippen LogP contribution in [-0.2, 0) is 13.2 Å². The molecule has 1 aromatic heterocycles. The normalized spacial score (nSPS) is 10.9. The Bertz CT molecular complexity index is 1660. The summed E-state index contributed by atoms with van der Waals surface area (Å²) in [6.45, 7) is 3.14. The molecule has 0 N–H and O–H groups in total. The van der Waals surface area contributed by atoms with Gasteiger partial charge < -0.3 is 14.2 Å². The third kappa shape index (κ3) is 5.97. The highest BCUT2D eigenvalue weighted by molar-refractivity contribution is 7.22. The van der Waals surface area contributed by atoms with E-state index in [0.29, 0.717) is 13.2 Å². The van der Waals surface area contributed by atoms with Gasteiger partial charge in [0.15, 0.2) is 5.75 Å². The smallest absolute Gasteiger partial charge is 0.153 e. The molecular formula is C35H28O3S. The zero-order valence-corrected chi connectivity index (χ0v) is 22.5. The summed E-state index contributed by atoms with van der Waals surface area (Å²) in [4.78, 5) is 1.07. The first-order chi connectivity index (χ1) is 19.2. The molecule has 0 aliphatic rings. The molecule has 0 fully saturated rings.